The van der Waals surface area contributed by atoms with Crippen molar-refractivity contribution >= 4 is 5.96 Å². The highest BCUT2D eigenvalue weighted by molar-refractivity contribution is 5.79. The van der Waals surface area contributed by atoms with Gasteiger partial charge in [0.15, 0.2) is 5.96 Å². The maximum atomic E-state index is 6.13. The number of benzene rings is 1. The molecule has 2 aliphatic rings. The first kappa shape index (κ1) is 22.1. The van der Waals surface area contributed by atoms with E-state index in [2.05, 4.69) is 46.8 Å². The van der Waals surface area contributed by atoms with Crippen molar-refractivity contribution in [2.75, 3.05) is 46.6 Å². The van der Waals surface area contributed by atoms with E-state index in [0.717, 1.165) is 71.2 Å². The van der Waals surface area contributed by atoms with E-state index in [-0.39, 0.29) is 6.10 Å². The van der Waals surface area contributed by atoms with Gasteiger partial charge >= 0.3 is 0 Å². The number of nitrogens with zero attached hydrogens (tertiary/aromatic N) is 1. The van der Waals surface area contributed by atoms with E-state index >= 15 is 0 Å². The van der Waals surface area contributed by atoms with Crippen LogP contribution in [0.2, 0.25) is 0 Å². The van der Waals surface area contributed by atoms with E-state index in [1.807, 2.05) is 7.05 Å². The molecule has 2 unspecified atom stereocenters. The Morgan fingerprint density at radius 1 is 1.10 bits per heavy atom. The van der Waals surface area contributed by atoms with Crippen molar-refractivity contribution in [2.24, 2.45) is 10.9 Å². The molecule has 2 heterocycles. The first-order chi connectivity index (χ1) is 14.3. The fourth-order valence-electron chi connectivity index (χ4n) is 4.00. The van der Waals surface area contributed by atoms with Crippen LogP contribution in [0.25, 0.3) is 0 Å². The van der Waals surface area contributed by atoms with Gasteiger partial charge in [0.1, 0.15) is 0 Å². The summed E-state index contributed by atoms with van der Waals surface area (Å²) in [5, 5.41) is 6.89. The maximum Gasteiger partial charge on any atom is 0.190 e. The lowest BCUT2D eigenvalue weighted by Gasteiger charge is -2.32. The minimum Gasteiger partial charge on any atom is -0.381 e. The zero-order valence-corrected chi connectivity index (χ0v) is 18.0. The second kappa shape index (κ2) is 12.2. The molecule has 2 N–H and O–H groups in total. The van der Waals surface area contributed by atoms with E-state index in [4.69, 9.17) is 14.2 Å². The summed E-state index contributed by atoms with van der Waals surface area (Å²) in [5.74, 6) is 1.30. The Morgan fingerprint density at radius 2 is 1.90 bits per heavy atom. The molecule has 0 saturated carbocycles. The predicted molar refractivity (Wildman–Crippen MR) is 116 cm³/mol. The number of ether oxygens (including phenoxy) is 3. The Hall–Kier alpha value is -1.63. The van der Waals surface area contributed by atoms with Crippen LogP contribution in [-0.4, -0.2) is 58.6 Å². The topological polar surface area (TPSA) is 64.1 Å². The van der Waals surface area contributed by atoms with Crippen molar-refractivity contribution in [3.8, 4) is 0 Å². The SMILES string of the molecule is CN=C(NCCCOC1CCOCC1)NCC1CCCOC1c1ccc(C)cc1. The summed E-state index contributed by atoms with van der Waals surface area (Å²) in [6, 6.07) is 8.73. The predicted octanol–water partition coefficient (Wildman–Crippen LogP) is 3.21. The van der Waals surface area contributed by atoms with Crippen molar-refractivity contribution in [2.45, 2.75) is 51.2 Å². The van der Waals surface area contributed by atoms with Crippen LogP contribution in [0.3, 0.4) is 0 Å². The molecule has 162 valence electrons. The van der Waals surface area contributed by atoms with Crippen LogP contribution in [0, 0.1) is 12.8 Å². The van der Waals surface area contributed by atoms with E-state index in [1.165, 1.54) is 17.5 Å². The zero-order chi connectivity index (χ0) is 20.3. The van der Waals surface area contributed by atoms with Crippen LogP contribution in [0.15, 0.2) is 29.3 Å². The molecule has 3 rings (SSSR count). The number of aliphatic imine (C=N–C) groups is 1. The van der Waals surface area contributed by atoms with Crippen molar-refractivity contribution < 1.29 is 14.2 Å². The van der Waals surface area contributed by atoms with Gasteiger partial charge in [-0.3, -0.25) is 4.99 Å². The molecule has 0 bridgehead atoms. The largest absolute Gasteiger partial charge is 0.381 e. The number of hydrogen-bond donors (Lipinski definition) is 2. The van der Waals surface area contributed by atoms with Crippen LogP contribution in [-0.2, 0) is 14.2 Å². The Kier molecular flexibility index (Phi) is 9.25. The molecule has 0 amide bonds. The number of hydrogen-bond acceptors (Lipinski definition) is 4. The van der Waals surface area contributed by atoms with Gasteiger partial charge in [0, 0.05) is 52.5 Å². The van der Waals surface area contributed by atoms with Crippen LogP contribution in [0.4, 0.5) is 0 Å². The average molecular weight is 404 g/mol. The summed E-state index contributed by atoms with van der Waals surface area (Å²) in [7, 11) is 1.82. The summed E-state index contributed by atoms with van der Waals surface area (Å²) in [4.78, 5) is 4.37. The lowest BCUT2D eigenvalue weighted by Crippen LogP contribution is -2.42. The normalized spacial score (nSPS) is 23.7. The van der Waals surface area contributed by atoms with E-state index in [0.29, 0.717) is 12.0 Å². The van der Waals surface area contributed by atoms with Gasteiger partial charge in [0.2, 0.25) is 0 Å². The van der Waals surface area contributed by atoms with Crippen molar-refractivity contribution in [3.05, 3.63) is 35.4 Å². The zero-order valence-electron chi connectivity index (χ0n) is 18.0. The minimum absolute atomic E-state index is 0.155. The van der Waals surface area contributed by atoms with E-state index in [9.17, 15) is 0 Å². The van der Waals surface area contributed by atoms with Gasteiger partial charge in [-0.2, -0.15) is 0 Å². The van der Waals surface area contributed by atoms with E-state index in [1.54, 1.807) is 0 Å². The molecule has 1 aromatic rings. The van der Waals surface area contributed by atoms with Gasteiger partial charge in [-0.15, -0.1) is 0 Å². The van der Waals surface area contributed by atoms with Crippen molar-refractivity contribution in [1.82, 2.24) is 10.6 Å². The highest BCUT2D eigenvalue weighted by Gasteiger charge is 2.27. The lowest BCUT2D eigenvalue weighted by atomic mass is 9.89. The molecule has 2 saturated heterocycles. The Labute approximate surface area is 175 Å². The summed E-state index contributed by atoms with van der Waals surface area (Å²) < 4.78 is 17.4. The Morgan fingerprint density at radius 3 is 2.66 bits per heavy atom. The first-order valence-electron chi connectivity index (χ1n) is 11.1. The highest BCUT2D eigenvalue weighted by atomic mass is 16.5. The monoisotopic (exact) mass is 403 g/mol. The highest BCUT2D eigenvalue weighted by Crippen LogP contribution is 2.33. The van der Waals surface area contributed by atoms with Crippen LogP contribution in [0.1, 0.15) is 49.3 Å². The minimum atomic E-state index is 0.155. The van der Waals surface area contributed by atoms with Gasteiger partial charge in [-0.05, 0) is 44.6 Å². The Balaban J connectivity index is 1.37. The number of nitrogens with one attached hydrogen (secondary N) is 2. The van der Waals surface area contributed by atoms with Crippen LogP contribution in [0.5, 0.6) is 0 Å². The third-order valence-electron chi connectivity index (χ3n) is 5.74. The smallest absolute Gasteiger partial charge is 0.190 e. The lowest BCUT2D eigenvalue weighted by molar-refractivity contribution is -0.0320. The summed E-state index contributed by atoms with van der Waals surface area (Å²) in [5.41, 5.74) is 2.56. The van der Waals surface area contributed by atoms with Gasteiger partial charge in [-0.25, -0.2) is 0 Å². The Bertz CT molecular complexity index is 614. The van der Waals surface area contributed by atoms with Crippen molar-refractivity contribution in [3.63, 3.8) is 0 Å². The van der Waals surface area contributed by atoms with Gasteiger partial charge in [0.25, 0.3) is 0 Å². The standard InChI is InChI=1S/C23H37N3O3/c1-18-6-8-19(9-7-18)22-20(5-3-13-29-22)17-26-23(24-2)25-12-4-14-28-21-10-15-27-16-11-21/h6-9,20-22H,3-5,10-17H2,1-2H3,(H2,24,25,26). The molecule has 0 spiro atoms. The van der Waals surface area contributed by atoms with Crippen LogP contribution >= 0.6 is 0 Å². The van der Waals surface area contributed by atoms with Gasteiger partial charge in [0.05, 0.1) is 12.2 Å². The van der Waals surface area contributed by atoms with E-state index < -0.39 is 0 Å². The number of aryl methyl sites for hydroxylation is 1. The van der Waals surface area contributed by atoms with Gasteiger partial charge < -0.3 is 24.8 Å². The molecule has 1 aromatic carbocycles. The molecule has 2 aliphatic heterocycles. The molecular weight excluding hydrogens is 366 g/mol. The second-order valence-electron chi connectivity index (χ2n) is 8.02. The molecular formula is C23H37N3O3. The van der Waals surface area contributed by atoms with Gasteiger partial charge in [-0.1, -0.05) is 29.8 Å². The molecule has 29 heavy (non-hydrogen) atoms. The molecule has 0 radical (unpaired) electrons. The quantitative estimate of drug-likeness (QED) is 0.396. The third-order valence-corrected chi connectivity index (χ3v) is 5.74. The molecule has 6 heteroatoms. The molecule has 2 atom stereocenters. The molecule has 6 nitrogen and oxygen atoms in total. The summed E-state index contributed by atoms with van der Waals surface area (Å²) in [6.45, 7) is 7.11. The number of rotatable bonds is 8. The second-order valence-corrected chi connectivity index (χ2v) is 8.02. The number of guanidine groups is 1. The molecule has 2 fully saturated rings. The van der Waals surface area contributed by atoms with Crippen LogP contribution < -0.4 is 10.6 Å². The van der Waals surface area contributed by atoms with Crippen molar-refractivity contribution in [1.29, 1.82) is 0 Å². The maximum absolute atomic E-state index is 6.13. The summed E-state index contributed by atoms with van der Waals surface area (Å²) in [6.07, 6.45) is 5.81. The third kappa shape index (κ3) is 7.28. The fraction of sp³-hybridized carbons (Fsp3) is 0.696. The summed E-state index contributed by atoms with van der Waals surface area (Å²) >= 11 is 0. The molecule has 0 aliphatic carbocycles. The fourth-order valence-corrected chi connectivity index (χ4v) is 4.00. The first-order valence-corrected chi connectivity index (χ1v) is 11.1. The average Bonchev–Trinajstić information content (AvgIpc) is 2.77. The molecule has 0 aromatic heterocycles.